The van der Waals surface area contributed by atoms with Crippen LogP contribution in [0.2, 0.25) is 5.02 Å². The third-order valence-corrected chi connectivity index (χ3v) is 4.10. The summed E-state index contributed by atoms with van der Waals surface area (Å²) < 4.78 is 5.29. The SMILES string of the molecule is CN(Cc1nc(-c2ccccc2Cl)no1)CC1CC(O)C1. The fourth-order valence-corrected chi connectivity index (χ4v) is 2.88. The van der Waals surface area contributed by atoms with Gasteiger partial charge in [0.1, 0.15) is 0 Å². The zero-order valence-corrected chi connectivity index (χ0v) is 12.6. The molecule has 5 nitrogen and oxygen atoms in total. The maximum absolute atomic E-state index is 9.30. The third kappa shape index (κ3) is 3.43. The molecule has 1 aromatic carbocycles. The Bertz CT molecular complexity index is 610. The van der Waals surface area contributed by atoms with E-state index in [4.69, 9.17) is 16.1 Å². The number of aromatic nitrogens is 2. The molecule has 0 atom stereocenters. The fraction of sp³-hybridized carbons (Fsp3) is 0.467. The minimum atomic E-state index is -0.112. The molecule has 112 valence electrons. The van der Waals surface area contributed by atoms with Crippen LogP contribution in [0, 0.1) is 5.92 Å². The molecule has 1 saturated carbocycles. The van der Waals surface area contributed by atoms with Crippen molar-refractivity contribution in [2.24, 2.45) is 5.92 Å². The summed E-state index contributed by atoms with van der Waals surface area (Å²) in [7, 11) is 2.02. The van der Waals surface area contributed by atoms with Crippen molar-refractivity contribution in [2.45, 2.75) is 25.5 Å². The first-order valence-corrected chi connectivity index (χ1v) is 7.43. The molecule has 0 radical (unpaired) electrons. The van der Waals surface area contributed by atoms with Crippen molar-refractivity contribution in [3.8, 4) is 11.4 Å². The van der Waals surface area contributed by atoms with Gasteiger partial charge in [0.25, 0.3) is 0 Å². The van der Waals surface area contributed by atoms with Crippen molar-refractivity contribution >= 4 is 11.6 Å². The fourth-order valence-electron chi connectivity index (χ4n) is 2.66. The molecule has 1 N–H and O–H groups in total. The van der Waals surface area contributed by atoms with Crippen LogP contribution in [-0.4, -0.2) is 39.8 Å². The highest BCUT2D eigenvalue weighted by Crippen LogP contribution is 2.28. The quantitative estimate of drug-likeness (QED) is 0.920. The number of benzene rings is 1. The molecule has 2 aromatic rings. The van der Waals surface area contributed by atoms with E-state index in [1.807, 2.05) is 25.2 Å². The molecule has 21 heavy (non-hydrogen) atoms. The summed E-state index contributed by atoms with van der Waals surface area (Å²) in [6.45, 7) is 1.53. The number of aliphatic hydroxyl groups excluding tert-OH is 1. The highest BCUT2D eigenvalue weighted by molar-refractivity contribution is 6.33. The summed E-state index contributed by atoms with van der Waals surface area (Å²) in [5, 5.41) is 13.9. The molecule has 6 heteroatoms. The zero-order chi connectivity index (χ0) is 14.8. The topological polar surface area (TPSA) is 62.4 Å². The lowest BCUT2D eigenvalue weighted by Crippen LogP contribution is -2.36. The predicted octanol–water partition coefficient (Wildman–Crippen LogP) is 2.59. The van der Waals surface area contributed by atoms with Gasteiger partial charge < -0.3 is 9.63 Å². The van der Waals surface area contributed by atoms with E-state index < -0.39 is 0 Å². The first-order valence-electron chi connectivity index (χ1n) is 7.06. The first-order chi connectivity index (χ1) is 10.1. The molecule has 0 amide bonds. The number of halogens is 1. The van der Waals surface area contributed by atoms with E-state index in [1.54, 1.807) is 6.07 Å². The van der Waals surface area contributed by atoms with Crippen LogP contribution >= 0.6 is 11.6 Å². The molecule has 3 rings (SSSR count). The predicted molar refractivity (Wildman–Crippen MR) is 79.8 cm³/mol. The number of nitrogens with zero attached hydrogens (tertiary/aromatic N) is 3. The molecule has 0 spiro atoms. The standard InChI is InChI=1S/C15H18ClN3O2/c1-19(8-10-6-11(20)7-10)9-14-17-15(18-21-14)12-4-2-3-5-13(12)16/h2-5,10-11,20H,6-9H2,1H3. The summed E-state index contributed by atoms with van der Waals surface area (Å²) in [5.74, 6) is 1.66. The zero-order valence-electron chi connectivity index (χ0n) is 11.9. The van der Waals surface area contributed by atoms with Crippen molar-refractivity contribution < 1.29 is 9.63 Å². The molecular weight excluding hydrogens is 290 g/mol. The van der Waals surface area contributed by atoms with Gasteiger partial charge in [-0.3, -0.25) is 4.90 Å². The van der Waals surface area contributed by atoms with Crippen LogP contribution in [0.3, 0.4) is 0 Å². The molecule has 0 aliphatic heterocycles. The Morgan fingerprint density at radius 1 is 1.38 bits per heavy atom. The average molecular weight is 308 g/mol. The summed E-state index contributed by atoms with van der Waals surface area (Å²) in [6.07, 6.45) is 1.66. The molecular formula is C15H18ClN3O2. The largest absolute Gasteiger partial charge is 0.393 e. The van der Waals surface area contributed by atoms with E-state index >= 15 is 0 Å². The van der Waals surface area contributed by atoms with Gasteiger partial charge in [-0.15, -0.1) is 0 Å². The van der Waals surface area contributed by atoms with Gasteiger partial charge in [0.05, 0.1) is 17.7 Å². The summed E-state index contributed by atoms with van der Waals surface area (Å²) >= 11 is 6.13. The van der Waals surface area contributed by atoms with Crippen LogP contribution < -0.4 is 0 Å². The maximum Gasteiger partial charge on any atom is 0.241 e. The monoisotopic (exact) mass is 307 g/mol. The van der Waals surface area contributed by atoms with Crippen LogP contribution in [-0.2, 0) is 6.54 Å². The summed E-state index contributed by atoms with van der Waals surface area (Å²) in [6, 6.07) is 7.44. The highest BCUT2D eigenvalue weighted by atomic mass is 35.5. The van der Waals surface area contributed by atoms with Gasteiger partial charge in [-0.05, 0) is 37.9 Å². The molecule has 1 fully saturated rings. The Labute approximate surface area is 128 Å². The van der Waals surface area contributed by atoms with Gasteiger partial charge in [0.15, 0.2) is 0 Å². The van der Waals surface area contributed by atoms with Crippen molar-refractivity contribution in [1.82, 2.24) is 15.0 Å². The minimum Gasteiger partial charge on any atom is -0.393 e. The van der Waals surface area contributed by atoms with Gasteiger partial charge in [0, 0.05) is 12.1 Å². The van der Waals surface area contributed by atoms with E-state index in [2.05, 4.69) is 15.0 Å². The smallest absolute Gasteiger partial charge is 0.241 e. The van der Waals surface area contributed by atoms with Gasteiger partial charge in [-0.1, -0.05) is 28.9 Å². The molecule has 1 aromatic heterocycles. The highest BCUT2D eigenvalue weighted by Gasteiger charge is 2.28. The second kappa shape index (κ2) is 6.13. The van der Waals surface area contributed by atoms with E-state index in [0.717, 1.165) is 24.9 Å². The Hall–Kier alpha value is -1.43. The number of rotatable bonds is 5. The normalized spacial score (nSPS) is 21.5. The molecule has 1 aliphatic carbocycles. The maximum atomic E-state index is 9.30. The Kier molecular flexibility index (Phi) is 4.24. The second-order valence-electron chi connectivity index (χ2n) is 5.68. The summed E-state index contributed by atoms with van der Waals surface area (Å²) in [4.78, 5) is 6.53. The Morgan fingerprint density at radius 2 is 2.14 bits per heavy atom. The minimum absolute atomic E-state index is 0.112. The lowest BCUT2D eigenvalue weighted by Gasteiger charge is -2.34. The first kappa shape index (κ1) is 14.5. The van der Waals surface area contributed by atoms with E-state index in [1.165, 1.54) is 0 Å². The van der Waals surface area contributed by atoms with Gasteiger partial charge in [-0.25, -0.2) is 0 Å². The molecule has 0 saturated heterocycles. The van der Waals surface area contributed by atoms with Crippen molar-refractivity contribution in [2.75, 3.05) is 13.6 Å². The summed E-state index contributed by atoms with van der Waals surface area (Å²) in [5.41, 5.74) is 0.777. The molecule has 0 bridgehead atoms. The van der Waals surface area contributed by atoms with Crippen LogP contribution in [0.4, 0.5) is 0 Å². The van der Waals surface area contributed by atoms with Crippen molar-refractivity contribution in [3.63, 3.8) is 0 Å². The Morgan fingerprint density at radius 3 is 2.86 bits per heavy atom. The van der Waals surface area contributed by atoms with Crippen LogP contribution in [0.1, 0.15) is 18.7 Å². The second-order valence-corrected chi connectivity index (χ2v) is 6.09. The van der Waals surface area contributed by atoms with Crippen LogP contribution in [0.25, 0.3) is 11.4 Å². The lowest BCUT2D eigenvalue weighted by molar-refractivity contribution is 0.0261. The Balaban J connectivity index is 1.61. The molecule has 1 aliphatic rings. The number of hydrogen-bond donors (Lipinski definition) is 1. The molecule has 0 unspecified atom stereocenters. The van der Waals surface area contributed by atoms with Crippen LogP contribution in [0.5, 0.6) is 0 Å². The number of aliphatic hydroxyl groups is 1. The van der Waals surface area contributed by atoms with E-state index in [0.29, 0.717) is 29.2 Å². The van der Waals surface area contributed by atoms with Crippen molar-refractivity contribution in [3.05, 3.63) is 35.2 Å². The van der Waals surface area contributed by atoms with E-state index in [9.17, 15) is 5.11 Å². The van der Waals surface area contributed by atoms with Gasteiger partial charge >= 0.3 is 0 Å². The van der Waals surface area contributed by atoms with Gasteiger partial charge in [-0.2, -0.15) is 4.98 Å². The van der Waals surface area contributed by atoms with Crippen LogP contribution in [0.15, 0.2) is 28.8 Å². The van der Waals surface area contributed by atoms with E-state index in [-0.39, 0.29) is 6.10 Å². The molecule has 1 heterocycles. The average Bonchev–Trinajstić information content (AvgIpc) is 2.85. The third-order valence-electron chi connectivity index (χ3n) is 3.77. The van der Waals surface area contributed by atoms with Gasteiger partial charge in [0.2, 0.25) is 11.7 Å². The lowest BCUT2D eigenvalue weighted by atomic mass is 9.82. The number of hydrogen-bond acceptors (Lipinski definition) is 5. The van der Waals surface area contributed by atoms with Crippen molar-refractivity contribution in [1.29, 1.82) is 0 Å².